The Hall–Kier alpha value is -1.84. The van der Waals surface area contributed by atoms with E-state index in [1.54, 1.807) is 4.90 Å². The summed E-state index contributed by atoms with van der Waals surface area (Å²) in [7, 11) is 0. The van der Waals surface area contributed by atoms with Crippen LogP contribution in [-0.4, -0.2) is 28.3 Å². The molecule has 0 radical (unpaired) electrons. The molecule has 2 rings (SSSR count). The molecule has 0 aliphatic carbocycles. The van der Waals surface area contributed by atoms with E-state index >= 15 is 0 Å². The van der Waals surface area contributed by atoms with Crippen LogP contribution < -0.4 is 5.32 Å². The molecule has 22 heavy (non-hydrogen) atoms. The minimum Gasteiger partial charge on any atom is -0.342 e. The highest BCUT2D eigenvalue weighted by Crippen LogP contribution is 2.32. The molecule has 1 heterocycles. The van der Waals surface area contributed by atoms with Gasteiger partial charge >= 0.3 is 0 Å². The predicted molar refractivity (Wildman–Crippen MR) is 87.1 cm³/mol. The van der Waals surface area contributed by atoms with Crippen LogP contribution in [0.1, 0.15) is 46.6 Å². The molecule has 1 saturated heterocycles. The van der Waals surface area contributed by atoms with Crippen LogP contribution in [0.3, 0.4) is 0 Å². The standard InChI is InChI=1S/C18H26N2O2/c1-6-18(5)16(22)19-14(17(2,3)4)15(21)20(18)12-13-10-8-7-9-11-13/h7-11,14H,6,12H2,1-5H3,(H,19,22). The van der Waals surface area contributed by atoms with Gasteiger partial charge in [0.1, 0.15) is 11.6 Å². The van der Waals surface area contributed by atoms with Crippen molar-refractivity contribution >= 4 is 11.8 Å². The number of amides is 2. The van der Waals surface area contributed by atoms with Gasteiger partial charge < -0.3 is 10.2 Å². The second-order valence-corrected chi connectivity index (χ2v) is 7.31. The van der Waals surface area contributed by atoms with Crippen molar-refractivity contribution in [3.63, 3.8) is 0 Å². The SMILES string of the molecule is CCC1(C)C(=O)NC(C(C)(C)C)C(=O)N1Cc1ccccc1. The number of carbonyl (C=O) groups excluding carboxylic acids is 2. The summed E-state index contributed by atoms with van der Waals surface area (Å²) >= 11 is 0. The molecule has 2 atom stereocenters. The van der Waals surface area contributed by atoms with Crippen molar-refractivity contribution in [2.24, 2.45) is 5.41 Å². The Morgan fingerprint density at radius 2 is 1.77 bits per heavy atom. The van der Waals surface area contributed by atoms with Gasteiger partial charge in [0, 0.05) is 6.54 Å². The molecule has 0 saturated carbocycles. The maximum absolute atomic E-state index is 13.0. The highest BCUT2D eigenvalue weighted by Gasteiger charge is 2.51. The lowest BCUT2D eigenvalue weighted by molar-refractivity contribution is -0.160. The van der Waals surface area contributed by atoms with E-state index in [1.807, 2.05) is 65.0 Å². The molecule has 0 spiro atoms. The van der Waals surface area contributed by atoms with E-state index in [1.165, 1.54) is 0 Å². The fraction of sp³-hybridized carbons (Fsp3) is 0.556. The Morgan fingerprint density at radius 3 is 2.27 bits per heavy atom. The summed E-state index contributed by atoms with van der Waals surface area (Å²) in [5.74, 6) is -0.0641. The van der Waals surface area contributed by atoms with Crippen LogP contribution in [0.5, 0.6) is 0 Å². The number of hydrogen-bond donors (Lipinski definition) is 1. The maximum atomic E-state index is 13.0. The summed E-state index contributed by atoms with van der Waals surface area (Å²) in [6.07, 6.45) is 0.592. The number of nitrogens with zero attached hydrogens (tertiary/aromatic N) is 1. The van der Waals surface area contributed by atoms with Crippen molar-refractivity contribution in [3.05, 3.63) is 35.9 Å². The zero-order valence-corrected chi connectivity index (χ0v) is 14.1. The number of nitrogens with one attached hydrogen (secondary N) is 1. The lowest BCUT2D eigenvalue weighted by atomic mass is 9.80. The second kappa shape index (κ2) is 5.75. The molecule has 4 nitrogen and oxygen atoms in total. The molecule has 2 amide bonds. The first-order valence-electron chi connectivity index (χ1n) is 7.86. The van der Waals surface area contributed by atoms with E-state index < -0.39 is 11.6 Å². The van der Waals surface area contributed by atoms with E-state index in [2.05, 4.69) is 5.32 Å². The molecule has 1 N–H and O–H groups in total. The molecule has 1 aromatic carbocycles. The van der Waals surface area contributed by atoms with Gasteiger partial charge in [-0.3, -0.25) is 9.59 Å². The monoisotopic (exact) mass is 302 g/mol. The minimum absolute atomic E-state index is 0.000281. The highest BCUT2D eigenvalue weighted by atomic mass is 16.2. The molecule has 0 bridgehead atoms. The van der Waals surface area contributed by atoms with E-state index in [0.717, 1.165) is 5.56 Å². The first-order chi connectivity index (χ1) is 10.2. The van der Waals surface area contributed by atoms with Gasteiger partial charge in [-0.25, -0.2) is 0 Å². The average Bonchev–Trinajstić information content (AvgIpc) is 2.47. The molecular weight excluding hydrogens is 276 g/mol. The zero-order valence-electron chi connectivity index (χ0n) is 14.1. The van der Waals surface area contributed by atoms with E-state index in [9.17, 15) is 9.59 Å². The van der Waals surface area contributed by atoms with Gasteiger partial charge in [0.05, 0.1) is 0 Å². The Balaban J connectivity index is 2.39. The second-order valence-electron chi connectivity index (χ2n) is 7.31. The first-order valence-corrected chi connectivity index (χ1v) is 7.86. The Morgan fingerprint density at radius 1 is 1.18 bits per heavy atom. The van der Waals surface area contributed by atoms with Crippen LogP contribution in [0.15, 0.2) is 30.3 Å². The molecule has 1 aliphatic heterocycles. The molecule has 1 aliphatic rings. The molecule has 0 aromatic heterocycles. The number of piperazine rings is 1. The van der Waals surface area contributed by atoms with Gasteiger partial charge in [-0.1, -0.05) is 58.0 Å². The topological polar surface area (TPSA) is 49.4 Å². The molecule has 2 unspecified atom stereocenters. The molecule has 1 fully saturated rings. The van der Waals surface area contributed by atoms with E-state index in [-0.39, 0.29) is 17.2 Å². The summed E-state index contributed by atoms with van der Waals surface area (Å²) in [4.78, 5) is 27.4. The van der Waals surface area contributed by atoms with Crippen molar-refractivity contribution in [2.75, 3.05) is 0 Å². The quantitative estimate of drug-likeness (QED) is 0.933. The van der Waals surface area contributed by atoms with Crippen LogP contribution in [-0.2, 0) is 16.1 Å². The fourth-order valence-corrected chi connectivity index (χ4v) is 2.83. The normalized spacial score (nSPS) is 26.0. The fourth-order valence-electron chi connectivity index (χ4n) is 2.83. The molecule has 120 valence electrons. The largest absolute Gasteiger partial charge is 0.342 e. The van der Waals surface area contributed by atoms with Crippen LogP contribution in [0.4, 0.5) is 0 Å². The Bertz CT molecular complexity index is 562. The third kappa shape index (κ3) is 2.87. The third-order valence-corrected chi connectivity index (χ3v) is 4.61. The first kappa shape index (κ1) is 16.5. The highest BCUT2D eigenvalue weighted by molar-refractivity contribution is 5.99. The summed E-state index contributed by atoms with van der Waals surface area (Å²) in [5.41, 5.74) is -0.0660. The van der Waals surface area contributed by atoms with Crippen molar-refractivity contribution in [1.29, 1.82) is 0 Å². The summed E-state index contributed by atoms with van der Waals surface area (Å²) in [6, 6.07) is 9.35. The predicted octanol–water partition coefficient (Wildman–Crippen LogP) is 2.73. The van der Waals surface area contributed by atoms with Crippen LogP contribution >= 0.6 is 0 Å². The smallest absolute Gasteiger partial charge is 0.246 e. The third-order valence-electron chi connectivity index (χ3n) is 4.61. The molecular formula is C18H26N2O2. The number of hydrogen-bond acceptors (Lipinski definition) is 2. The van der Waals surface area contributed by atoms with Gasteiger partial charge in [-0.2, -0.15) is 0 Å². The van der Waals surface area contributed by atoms with Crippen molar-refractivity contribution in [3.8, 4) is 0 Å². The van der Waals surface area contributed by atoms with Crippen LogP contribution in [0, 0.1) is 5.41 Å². The molecule has 4 heteroatoms. The minimum atomic E-state index is -0.797. The van der Waals surface area contributed by atoms with Gasteiger partial charge in [0.15, 0.2) is 0 Å². The zero-order chi connectivity index (χ0) is 16.5. The van der Waals surface area contributed by atoms with Crippen LogP contribution in [0.2, 0.25) is 0 Å². The van der Waals surface area contributed by atoms with Crippen molar-refractivity contribution < 1.29 is 9.59 Å². The van der Waals surface area contributed by atoms with Gasteiger partial charge in [0.2, 0.25) is 11.8 Å². The summed E-state index contributed by atoms with van der Waals surface area (Å²) < 4.78 is 0. The number of benzene rings is 1. The van der Waals surface area contributed by atoms with E-state index in [0.29, 0.717) is 13.0 Å². The lowest BCUT2D eigenvalue weighted by Crippen LogP contribution is -2.71. The number of carbonyl (C=O) groups is 2. The van der Waals surface area contributed by atoms with Gasteiger partial charge in [-0.15, -0.1) is 0 Å². The number of rotatable bonds is 3. The van der Waals surface area contributed by atoms with Gasteiger partial charge in [0.25, 0.3) is 0 Å². The van der Waals surface area contributed by atoms with E-state index in [4.69, 9.17) is 0 Å². The Labute approximate surface area is 132 Å². The Kier molecular flexibility index (Phi) is 4.32. The van der Waals surface area contributed by atoms with Gasteiger partial charge in [-0.05, 0) is 24.3 Å². The average molecular weight is 302 g/mol. The summed E-state index contributed by atoms with van der Waals surface area (Å²) in [5, 5.41) is 2.93. The molecule has 1 aromatic rings. The lowest BCUT2D eigenvalue weighted by Gasteiger charge is -2.48. The van der Waals surface area contributed by atoms with Crippen molar-refractivity contribution in [2.45, 2.75) is 59.2 Å². The van der Waals surface area contributed by atoms with Crippen LogP contribution in [0.25, 0.3) is 0 Å². The summed E-state index contributed by atoms with van der Waals surface area (Å²) in [6.45, 7) is 10.2. The maximum Gasteiger partial charge on any atom is 0.246 e. The van der Waals surface area contributed by atoms with Crippen molar-refractivity contribution in [1.82, 2.24) is 10.2 Å².